The van der Waals surface area contributed by atoms with Crippen LogP contribution in [0, 0.1) is 6.92 Å². The highest BCUT2D eigenvalue weighted by Gasteiger charge is 2.13. The maximum absolute atomic E-state index is 4.63. The van der Waals surface area contributed by atoms with Crippen molar-refractivity contribution < 1.29 is 0 Å². The molecule has 0 aromatic carbocycles. The summed E-state index contributed by atoms with van der Waals surface area (Å²) >= 11 is 5.30. The van der Waals surface area contributed by atoms with Crippen molar-refractivity contribution in [3.05, 3.63) is 50.4 Å². The van der Waals surface area contributed by atoms with E-state index in [9.17, 15) is 0 Å². The highest BCUT2D eigenvalue weighted by Crippen LogP contribution is 2.26. The number of pyridine rings is 1. The Morgan fingerprint density at radius 2 is 2.17 bits per heavy atom. The van der Waals surface area contributed by atoms with E-state index in [1.54, 1.807) is 11.3 Å². The maximum atomic E-state index is 4.63. The van der Waals surface area contributed by atoms with Gasteiger partial charge in [0.2, 0.25) is 0 Å². The van der Waals surface area contributed by atoms with Crippen molar-refractivity contribution in [2.75, 3.05) is 6.54 Å². The second-order valence-electron chi connectivity index (χ2n) is 4.22. The third-order valence-electron chi connectivity index (χ3n) is 2.75. The van der Waals surface area contributed by atoms with Gasteiger partial charge in [-0.1, -0.05) is 13.0 Å². The highest BCUT2D eigenvalue weighted by atomic mass is 79.9. The van der Waals surface area contributed by atoms with Crippen LogP contribution < -0.4 is 5.32 Å². The van der Waals surface area contributed by atoms with Crippen LogP contribution in [0.4, 0.5) is 0 Å². The molecule has 0 amide bonds. The fourth-order valence-electron chi connectivity index (χ4n) is 1.95. The molecule has 0 radical (unpaired) electrons. The van der Waals surface area contributed by atoms with Crippen molar-refractivity contribution in [2.24, 2.45) is 0 Å². The predicted octanol–water partition coefficient (Wildman–Crippen LogP) is 4.11. The summed E-state index contributed by atoms with van der Waals surface area (Å²) < 4.78 is 1.19. The molecule has 0 saturated carbocycles. The lowest BCUT2D eigenvalue weighted by Gasteiger charge is -2.17. The first-order valence-electron chi connectivity index (χ1n) is 6.10. The third-order valence-corrected chi connectivity index (χ3v) is 4.40. The van der Waals surface area contributed by atoms with Gasteiger partial charge in [0.15, 0.2) is 0 Å². The molecule has 1 atom stereocenters. The number of aromatic nitrogens is 1. The first-order valence-corrected chi connectivity index (χ1v) is 7.71. The zero-order chi connectivity index (χ0) is 13.0. The average Bonchev–Trinajstić information content (AvgIpc) is 2.74. The minimum absolute atomic E-state index is 0.292. The smallest absolute Gasteiger partial charge is 0.0701 e. The quantitative estimate of drug-likeness (QED) is 0.895. The van der Waals surface area contributed by atoms with Crippen LogP contribution in [0.3, 0.4) is 0 Å². The molecule has 4 heteroatoms. The fourth-order valence-corrected chi connectivity index (χ4v) is 3.48. The highest BCUT2D eigenvalue weighted by molar-refractivity contribution is 9.11. The number of hydrogen-bond donors (Lipinski definition) is 1. The van der Waals surface area contributed by atoms with Crippen molar-refractivity contribution in [1.29, 1.82) is 0 Å². The predicted molar refractivity (Wildman–Crippen MR) is 81.1 cm³/mol. The van der Waals surface area contributed by atoms with E-state index in [4.69, 9.17) is 0 Å². The van der Waals surface area contributed by atoms with Gasteiger partial charge in [-0.15, -0.1) is 11.3 Å². The van der Waals surface area contributed by atoms with Gasteiger partial charge in [0, 0.05) is 17.0 Å². The number of halogens is 1. The summed E-state index contributed by atoms with van der Waals surface area (Å²) in [5, 5.41) is 3.51. The van der Waals surface area contributed by atoms with E-state index in [0.717, 1.165) is 24.4 Å². The van der Waals surface area contributed by atoms with Crippen LogP contribution in [-0.4, -0.2) is 11.5 Å². The van der Waals surface area contributed by atoms with Gasteiger partial charge < -0.3 is 5.32 Å². The third kappa shape index (κ3) is 3.64. The molecular formula is C14H17BrN2S. The largest absolute Gasteiger partial charge is 0.309 e. The number of thiophene rings is 1. The Balaban J connectivity index is 2.17. The van der Waals surface area contributed by atoms with Crippen molar-refractivity contribution >= 4 is 27.3 Å². The van der Waals surface area contributed by atoms with Gasteiger partial charge in [0.1, 0.15) is 0 Å². The van der Waals surface area contributed by atoms with E-state index < -0.39 is 0 Å². The fraction of sp³-hybridized carbons (Fsp3) is 0.357. The molecule has 0 spiro atoms. The summed E-state index contributed by atoms with van der Waals surface area (Å²) in [5.41, 5.74) is 2.20. The summed E-state index contributed by atoms with van der Waals surface area (Å²) in [6, 6.07) is 10.8. The molecule has 2 nitrogen and oxygen atoms in total. The number of hydrogen-bond acceptors (Lipinski definition) is 3. The molecule has 96 valence electrons. The van der Waals surface area contributed by atoms with E-state index >= 15 is 0 Å². The van der Waals surface area contributed by atoms with Crippen molar-refractivity contribution in [1.82, 2.24) is 10.3 Å². The number of nitrogens with zero attached hydrogens (tertiary/aromatic N) is 1. The Kier molecular flexibility index (Phi) is 4.92. The van der Waals surface area contributed by atoms with Gasteiger partial charge in [-0.25, -0.2) is 0 Å². The molecule has 1 N–H and O–H groups in total. The Bertz CT molecular complexity index is 510. The summed E-state index contributed by atoms with van der Waals surface area (Å²) in [5.74, 6) is 0. The van der Waals surface area contributed by atoms with Gasteiger partial charge in [-0.05, 0) is 53.7 Å². The molecule has 18 heavy (non-hydrogen) atoms. The van der Waals surface area contributed by atoms with Crippen molar-refractivity contribution in [3.63, 3.8) is 0 Å². The minimum atomic E-state index is 0.292. The molecular weight excluding hydrogens is 308 g/mol. The van der Waals surface area contributed by atoms with Gasteiger partial charge in [0.25, 0.3) is 0 Å². The van der Waals surface area contributed by atoms with Crippen LogP contribution in [-0.2, 0) is 6.42 Å². The van der Waals surface area contributed by atoms with Crippen LogP contribution in [0.25, 0.3) is 0 Å². The van der Waals surface area contributed by atoms with Gasteiger partial charge in [0.05, 0.1) is 15.5 Å². The number of aryl methyl sites for hydroxylation is 1. The number of likely N-dealkylation sites (N-methyl/N-ethyl adjacent to an activating group) is 1. The molecule has 2 aromatic rings. The zero-order valence-corrected chi connectivity index (χ0v) is 13.0. The normalized spacial score (nSPS) is 12.6. The van der Waals surface area contributed by atoms with Crippen LogP contribution in [0.2, 0.25) is 0 Å². The molecule has 0 aliphatic heterocycles. The monoisotopic (exact) mass is 324 g/mol. The molecule has 0 aliphatic rings. The summed E-state index contributed by atoms with van der Waals surface area (Å²) in [7, 11) is 0. The van der Waals surface area contributed by atoms with E-state index in [1.807, 2.05) is 13.0 Å². The maximum Gasteiger partial charge on any atom is 0.0701 e. The molecule has 1 unspecified atom stereocenters. The first kappa shape index (κ1) is 13.7. The summed E-state index contributed by atoms with van der Waals surface area (Å²) in [6.45, 7) is 5.12. The van der Waals surface area contributed by atoms with Gasteiger partial charge in [-0.2, -0.15) is 0 Å². The van der Waals surface area contributed by atoms with Crippen molar-refractivity contribution in [3.8, 4) is 0 Å². The van der Waals surface area contributed by atoms with Crippen LogP contribution in [0.5, 0.6) is 0 Å². The van der Waals surface area contributed by atoms with E-state index in [0.29, 0.717) is 6.04 Å². The van der Waals surface area contributed by atoms with Gasteiger partial charge in [-0.3, -0.25) is 4.98 Å². The Labute approximate surface area is 121 Å². The molecule has 0 fully saturated rings. The minimum Gasteiger partial charge on any atom is -0.309 e. The Morgan fingerprint density at radius 1 is 1.33 bits per heavy atom. The molecule has 2 aromatic heterocycles. The zero-order valence-electron chi connectivity index (χ0n) is 10.6. The van der Waals surface area contributed by atoms with E-state index in [2.05, 4.69) is 57.4 Å². The van der Waals surface area contributed by atoms with Crippen LogP contribution in [0.1, 0.15) is 29.2 Å². The van der Waals surface area contributed by atoms with Crippen LogP contribution >= 0.6 is 27.3 Å². The van der Waals surface area contributed by atoms with E-state index in [-0.39, 0.29) is 0 Å². The Morgan fingerprint density at radius 3 is 2.78 bits per heavy atom. The molecule has 0 saturated heterocycles. The second kappa shape index (κ2) is 6.45. The lowest BCUT2D eigenvalue weighted by Crippen LogP contribution is -2.23. The lowest BCUT2D eigenvalue weighted by atomic mass is 10.1. The molecule has 2 rings (SSSR count). The van der Waals surface area contributed by atoms with Crippen molar-refractivity contribution in [2.45, 2.75) is 26.3 Å². The lowest BCUT2D eigenvalue weighted by molar-refractivity contribution is 0.539. The standard InChI is InChI=1S/C14H17BrN2S/c1-3-16-13(9-11-7-8-14(15)18-11)12-6-4-5-10(2)17-12/h4-8,13,16H,3,9H2,1-2H3. The molecule has 0 aliphatic carbocycles. The second-order valence-corrected chi connectivity index (χ2v) is 6.77. The van der Waals surface area contributed by atoms with Crippen LogP contribution in [0.15, 0.2) is 34.1 Å². The molecule has 2 heterocycles. The van der Waals surface area contributed by atoms with E-state index in [1.165, 1.54) is 8.66 Å². The summed E-state index contributed by atoms with van der Waals surface area (Å²) in [6.07, 6.45) is 0.987. The SMILES string of the molecule is CCNC(Cc1ccc(Br)s1)c1cccc(C)n1. The molecule has 0 bridgehead atoms. The van der Waals surface area contributed by atoms with Gasteiger partial charge >= 0.3 is 0 Å². The Hall–Kier alpha value is -0.710. The number of rotatable bonds is 5. The first-order chi connectivity index (χ1) is 8.69. The number of nitrogens with one attached hydrogen (secondary N) is 1. The topological polar surface area (TPSA) is 24.9 Å². The summed E-state index contributed by atoms with van der Waals surface area (Å²) in [4.78, 5) is 6.00. The average molecular weight is 325 g/mol.